The maximum absolute atomic E-state index is 12.4. The highest BCUT2D eigenvalue weighted by atomic mass is 16.5. The zero-order valence-electron chi connectivity index (χ0n) is 13.8. The Balaban J connectivity index is 1.67. The van der Waals surface area contributed by atoms with Crippen LogP contribution in [0.5, 0.6) is 5.75 Å². The number of rotatable bonds is 5. The zero-order chi connectivity index (χ0) is 17.8. The number of nitrogens with zero attached hydrogens (tertiary/aromatic N) is 1. The van der Waals surface area contributed by atoms with Crippen molar-refractivity contribution in [2.75, 3.05) is 13.2 Å². The Bertz CT molecular complexity index is 753. The molecule has 1 amide bonds. The van der Waals surface area contributed by atoms with Crippen LogP contribution in [0.1, 0.15) is 27.3 Å². The number of carbonyl (C=O) groups is 2. The minimum absolute atomic E-state index is 0.158. The molecule has 1 aromatic heterocycles. The lowest BCUT2D eigenvalue weighted by atomic mass is 10.1. The molecule has 0 unspecified atom stereocenters. The molecule has 1 aliphatic rings. The molecular formula is C18H20N2O5. The Hall–Kier alpha value is -2.80. The number of carboxylic acids is 1. The minimum atomic E-state index is -0.986. The quantitative estimate of drug-likeness (QED) is 0.861. The third-order valence-electron chi connectivity index (χ3n) is 4.19. The molecule has 0 radical (unpaired) electrons. The summed E-state index contributed by atoms with van der Waals surface area (Å²) < 4.78 is 13.1. The van der Waals surface area contributed by atoms with Crippen molar-refractivity contribution in [2.24, 2.45) is 7.05 Å². The van der Waals surface area contributed by atoms with E-state index in [-0.39, 0.29) is 23.6 Å². The van der Waals surface area contributed by atoms with Crippen molar-refractivity contribution in [3.63, 3.8) is 0 Å². The summed E-state index contributed by atoms with van der Waals surface area (Å²) in [5.41, 5.74) is 0.775. The number of nitrogens with one attached hydrogen (secondary N) is 1. The van der Waals surface area contributed by atoms with Crippen LogP contribution in [0.25, 0.3) is 0 Å². The van der Waals surface area contributed by atoms with Crippen LogP contribution in [-0.4, -0.2) is 46.9 Å². The average Bonchev–Trinajstić information content (AvgIpc) is 3.03. The number of aromatic nitrogens is 1. The third-order valence-corrected chi connectivity index (χ3v) is 4.19. The topological polar surface area (TPSA) is 89.8 Å². The van der Waals surface area contributed by atoms with E-state index in [1.165, 1.54) is 12.1 Å². The first kappa shape index (κ1) is 17.0. The summed E-state index contributed by atoms with van der Waals surface area (Å²) in [6, 6.07) is 9.57. The van der Waals surface area contributed by atoms with Crippen molar-refractivity contribution in [2.45, 2.75) is 18.6 Å². The van der Waals surface area contributed by atoms with Crippen molar-refractivity contribution in [1.82, 2.24) is 9.88 Å². The van der Waals surface area contributed by atoms with Crippen molar-refractivity contribution in [1.29, 1.82) is 0 Å². The maximum atomic E-state index is 12.4. The van der Waals surface area contributed by atoms with E-state index in [2.05, 4.69) is 5.32 Å². The number of hydrogen-bond donors (Lipinski definition) is 2. The second kappa shape index (κ2) is 7.40. The van der Waals surface area contributed by atoms with Crippen molar-refractivity contribution in [3.05, 3.63) is 53.9 Å². The number of ether oxygens (including phenoxy) is 2. The third kappa shape index (κ3) is 4.00. The molecule has 2 heterocycles. The number of aryl methyl sites for hydroxylation is 1. The monoisotopic (exact) mass is 344 g/mol. The number of benzene rings is 1. The largest absolute Gasteiger partial charge is 0.486 e. The van der Waals surface area contributed by atoms with Gasteiger partial charge in [-0.05, 0) is 42.8 Å². The molecule has 7 heteroatoms. The predicted molar refractivity (Wildman–Crippen MR) is 89.9 cm³/mol. The van der Waals surface area contributed by atoms with E-state index in [1.807, 2.05) is 19.3 Å². The molecule has 1 aliphatic heterocycles. The first-order valence-corrected chi connectivity index (χ1v) is 8.04. The molecule has 25 heavy (non-hydrogen) atoms. The number of carboxylic acid groups (broad SMARTS) is 1. The normalized spacial score (nSPS) is 20.0. The van der Waals surface area contributed by atoms with Gasteiger partial charge < -0.3 is 24.5 Å². The molecule has 2 aromatic rings. The highest BCUT2D eigenvalue weighted by Gasteiger charge is 2.29. The molecule has 0 bridgehead atoms. The van der Waals surface area contributed by atoms with Crippen LogP contribution in [0.3, 0.4) is 0 Å². The van der Waals surface area contributed by atoms with Gasteiger partial charge in [-0.25, -0.2) is 4.79 Å². The average molecular weight is 344 g/mol. The summed E-state index contributed by atoms with van der Waals surface area (Å²) >= 11 is 0. The van der Waals surface area contributed by atoms with E-state index in [0.717, 1.165) is 0 Å². The molecule has 1 saturated heterocycles. The molecule has 1 fully saturated rings. The van der Waals surface area contributed by atoms with E-state index in [1.54, 1.807) is 22.8 Å². The summed E-state index contributed by atoms with van der Waals surface area (Å²) in [6.07, 6.45) is 2.12. The summed E-state index contributed by atoms with van der Waals surface area (Å²) in [7, 11) is 1.82. The summed E-state index contributed by atoms with van der Waals surface area (Å²) in [6.45, 7) is 0.911. The van der Waals surface area contributed by atoms with Gasteiger partial charge in [-0.2, -0.15) is 0 Å². The lowest BCUT2D eigenvalue weighted by Crippen LogP contribution is -2.51. The van der Waals surface area contributed by atoms with Gasteiger partial charge in [0, 0.05) is 19.9 Å². The van der Waals surface area contributed by atoms with Gasteiger partial charge in [0.2, 0.25) is 0 Å². The Morgan fingerprint density at radius 3 is 2.68 bits per heavy atom. The van der Waals surface area contributed by atoms with Crippen molar-refractivity contribution >= 4 is 11.9 Å². The van der Waals surface area contributed by atoms with Crippen LogP contribution < -0.4 is 10.1 Å². The molecule has 0 aliphatic carbocycles. The predicted octanol–water partition coefficient (Wildman–Crippen LogP) is 1.69. The fourth-order valence-electron chi connectivity index (χ4n) is 2.78. The zero-order valence-corrected chi connectivity index (χ0v) is 13.8. The molecule has 132 valence electrons. The van der Waals surface area contributed by atoms with Gasteiger partial charge in [-0.15, -0.1) is 0 Å². The highest BCUT2D eigenvalue weighted by Crippen LogP contribution is 2.19. The Kier molecular flexibility index (Phi) is 5.04. The van der Waals surface area contributed by atoms with Crippen LogP contribution in [0.2, 0.25) is 0 Å². The van der Waals surface area contributed by atoms with Crippen LogP contribution in [0, 0.1) is 0 Å². The summed E-state index contributed by atoms with van der Waals surface area (Å²) in [4.78, 5) is 23.3. The first-order valence-electron chi connectivity index (χ1n) is 8.04. The van der Waals surface area contributed by atoms with E-state index < -0.39 is 5.97 Å². The van der Waals surface area contributed by atoms with Crippen LogP contribution in [-0.2, 0) is 11.8 Å². The minimum Gasteiger partial charge on any atom is -0.486 e. The van der Waals surface area contributed by atoms with Gasteiger partial charge in [0.05, 0.1) is 18.2 Å². The van der Waals surface area contributed by atoms with E-state index >= 15 is 0 Å². The van der Waals surface area contributed by atoms with Gasteiger partial charge in [0.15, 0.2) is 0 Å². The maximum Gasteiger partial charge on any atom is 0.335 e. The van der Waals surface area contributed by atoms with Gasteiger partial charge in [-0.3, -0.25) is 4.79 Å². The smallest absolute Gasteiger partial charge is 0.335 e. The number of hydrogen-bond acceptors (Lipinski definition) is 4. The highest BCUT2D eigenvalue weighted by molar-refractivity contribution is 5.93. The molecule has 0 spiro atoms. The van der Waals surface area contributed by atoms with Gasteiger partial charge in [0.25, 0.3) is 5.91 Å². The molecule has 3 rings (SSSR count). The lowest BCUT2D eigenvalue weighted by Gasteiger charge is -2.32. The fraction of sp³-hybridized carbons (Fsp3) is 0.333. The molecular weight excluding hydrogens is 324 g/mol. The van der Waals surface area contributed by atoms with E-state index in [4.69, 9.17) is 14.6 Å². The summed E-state index contributed by atoms with van der Waals surface area (Å²) in [5, 5.41) is 11.9. The number of amides is 1. The number of carbonyl (C=O) groups excluding carboxylic acids is 1. The second-order valence-electron chi connectivity index (χ2n) is 5.93. The van der Waals surface area contributed by atoms with Crippen LogP contribution >= 0.6 is 0 Å². The van der Waals surface area contributed by atoms with Crippen LogP contribution in [0.15, 0.2) is 42.6 Å². The van der Waals surface area contributed by atoms with E-state index in [9.17, 15) is 9.59 Å². The van der Waals surface area contributed by atoms with E-state index in [0.29, 0.717) is 31.1 Å². The molecule has 2 atom stereocenters. The standard InChI is InChI=1S/C18H20N2O5/c1-20-9-2-3-15(20)17(21)19-14-8-10-24-11-16(14)25-13-6-4-12(5-7-13)18(22)23/h2-7,9,14,16H,8,10-11H2,1H3,(H,19,21)(H,22,23)/t14-,16-/m1/s1. The van der Waals surface area contributed by atoms with Crippen molar-refractivity contribution in [3.8, 4) is 5.75 Å². The fourth-order valence-corrected chi connectivity index (χ4v) is 2.78. The second-order valence-corrected chi connectivity index (χ2v) is 5.93. The summed E-state index contributed by atoms with van der Waals surface area (Å²) in [5.74, 6) is -0.604. The Morgan fingerprint density at radius 2 is 2.04 bits per heavy atom. The van der Waals surface area contributed by atoms with Gasteiger partial charge in [-0.1, -0.05) is 0 Å². The first-order chi connectivity index (χ1) is 12.0. The van der Waals surface area contributed by atoms with Gasteiger partial charge >= 0.3 is 5.97 Å². The SMILES string of the molecule is Cn1cccc1C(=O)N[C@@H]1CCOC[C@H]1Oc1ccc(C(=O)O)cc1. The molecule has 2 N–H and O–H groups in total. The number of aromatic carboxylic acids is 1. The lowest BCUT2D eigenvalue weighted by molar-refractivity contribution is -0.0135. The van der Waals surface area contributed by atoms with Crippen LogP contribution in [0.4, 0.5) is 0 Å². The molecule has 0 saturated carbocycles. The van der Waals surface area contributed by atoms with Gasteiger partial charge in [0.1, 0.15) is 17.5 Å². The Morgan fingerprint density at radius 1 is 1.28 bits per heavy atom. The molecule has 7 nitrogen and oxygen atoms in total. The Labute approximate surface area is 145 Å². The van der Waals surface area contributed by atoms with Crippen molar-refractivity contribution < 1.29 is 24.2 Å². The molecule has 1 aromatic carbocycles.